The van der Waals surface area contributed by atoms with Crippen LogP contribution in [0, 0.1) is 0 Å². The zero-order chi connectivity index (χ0) is 47.5. The molecule has 11 rings (SSSR count). The van der Waals surface area contributed by atoms with Crippen LogP contribution in [0.4, 0.5) is 11.4 Å². The van der Waals surface area contributed by atoms with Gasteiger partial charge in [-0.15, -0.1) is 0 Å². The van der Waals surface area contributed by atoms with E-state index in [9.17, 15) is 0 Å². The number of nitrogens with zero attached hydrogens (tertiary/aromatic N) is 2. The van der Waals surface area contributed by atoms with Crippen LogP contribution in [-0.2, 0) is 0 Å². The number of hydrogen-bond acceptors (Lipinski definition) is 1. The van der Waals surface area contributed by atoms with Crippen LogP contribution in [0.2, 0.25) is 0 Å². The largest absolute Gasteiger partial charge is 0.245 e. The number of hydrogen-bond donors (Lipinski definition) is 0. The van der Waals surface area contributed by atoms with E-state index < -0.39 is 0 Å². The summed E-state index contributed by atoms with van der Waals surface area (Å²) in [6.07, 6.45) is 2.52. The Bertz CT molecular complexity index is 3410. The zero-order valence-electron chi connectivity index (χ0n) is 41.4. The molecule has 1 aliphatic rings. The minimum Gasteiger partial charge on any atom is -0.221 e. The Morgan fingerprint density at radius 2 is 0.696 bits per heavy atom. The van der Waals surface area contributed by atoms with Gasteiger partial charge in [0.2, 0.25) is 6.34 Å². The molecule has 2 atom stereocenters. The Morgan fingerprint density at radius 1 is 0.362 bits per heavy atom. The average molecular weight is 896 g/mol. The highest BCUT2D eigenvalue weighted by Crippen LogP contribution is 2.53. The third-order valence-corrected chi connectivity index (χ3v) is 14.9. The molecule has 2 nitrogen and oxygen atoms in total. The first-order chi connectivity index (χ1) is 33.6. The highest BCUT2D eigenvalue weighted by molar-refractivity contribution is 6.14. The number of anilines is 1. The van der Waals surface area contributed by atoms with E-state index in [1.54, 1.807) is 0 Å². The van der Waals surface area contributed by atoms with Crippen LogP contribution < -0.4 is 4.90 Å². The van der Waals surface area contributed by atoms with Crippen molar-refractivity contribution >= 4 is 60.8 Å². The minimum absolute atomic E-state index is 0.0328. The van der Waals surface area contributed by atoms with Crippen molar-refractivity contribution in [2.75, 3.05) is 4.90 Å². The molecule has 0 amide bonds. The highest BCUT2D eigenvalue weighted by atomic mass is 15.3. The molecule has 0 unspecified atom stereocenters. The van der Waals surface area contributed by atoms with Crippen molar-refractivity contribution in [2.24, 2.45) is 0 Å². The summed E-state index contributed by atoms with van der Waals surface area (Å²) in [5.41, 5.74) is 15.9. The summed E-state index contributed by atoms with van der Waals surface area (Å²) in [4.78, 5) is 2.70. The molecule has 1 heterocycles. The van der Waals surface area contributed by atoms with E-state index >= 15 is 0 Å². The Hall–Kier alpha value is -7.29. The maximum Gasteiger partial charge on any atom is 0.245 e. The fraction of sp³-hybridized carbons (Fsp3) is 0.209. The maximum atomic E-state index is 2.70. The quantitative estimate of drug-likeness (QED) is 0.0979. The molecule has 10 aromatic rings. The Balaban J connectivity index is 1.22. The molecular weight excluding hydrogens is 833 g/mol. The molecule has 0 spiro atoms. The van der Waals surface area contributed by atoms with Crippen LogP contribution in [0.3, 0.4) is 0 Å². The van der Waals surface area contributed by atoms with Crippen molar-refractivity contribution in [1.29, 1.82) is 0 Å². The van der Waals surface area contributed by atoms with Crippen LogP contribution in [0.1, 0.15) is 125 Å². The lowest BCUT2D eigenvalue weighted by Crippen LogP contribution is -2.28. The lowest BCUT2D eigenvalue weighted by atomic mass is 9.83. The van der Waals surface area contributed by atoms with E-state index in [1.165, 1.54) is 110 Å². The number of rotatable bonds is 10. The van der Waals surface area contributed by atoms with Crippen LogP contribution in [0.15, 0.2) is 194 Å². The van der Waals surface area contributed by atoms with Gasteiger partial charge in [-0.2, -0.15) is 0 Å². The topological polar surface area (TPSA) is 6.25 Å². The molecule has 0 radical (unpaired) electrons. The van der Waals surface area contributed by atoms with Crippen molar-refractivity contribution in [1.82, 2.24) is 0 Å². The summed E-state index contributed by atoms with van der Waals surface area (Å²) in [5.74, 6) is 1.000. The lowest BCUT2D eigenvalue weighted by molar-refractivity contribution is -0.482. The van der Waals surface area contributed by atoms with Crippen molar-refractivity contribution in [3.05, 3.63) is 228 Å². The molecule has 0 N–H and O–H groups in total. The SMILES string of the molecule is CC(C)c1cc(-c2c3ccccc3cc3ccccc23)cc(C(C)C)c1N1C=[N+](c2c(C(C)C)cc(-c3c4ccccc4cc4ccccc34)cc2C(C)C)[C@H](c2ccccc2)[C@H]1c1ccccc1. The summed E-state index contributed by atoms with van der Waals surface area (Å²) in [6, 6.07) is 73.2. The van der Waals surface area contributed by atoms with Crippen molar-refractivity contribution in [2.45, 2.75) is 91.1 Å². The molecule has 1 aliphatic heterocycles. The molecule has 0 saturated carbocycles. The van der Waals surface area contributed by atoms with Gasteiger partial charge in [0.1, 0.15) is 11.4 Å². The Morgan fingerprint density at radius 3 is 1.07 bits per heavy atom. The molecule has 0 aromatic heterocycles. The monoisotopic (exact) mass is 895 g/mol. The van der Waals surface area contributed by atoms with Gasteiger partial charge in [0.05, 0.1) is 0 Å². The predicted molar refractivity (Wildman–Crippen MR) is 297 cm³/mol. The van der Waals surface area contributed by atoms with E-state index in [4.69, 9.17) is 0 Å². The fourth-order valence-electron chi connectivity index (χ4n) is 11.6. The first-order valence-corrected chi connectivity index (χ1v) is 25.3. The Kier molecular flexibility index (Phi) is 11.5. The van der Waals surface area contributed by atoms with E-state index in [1.807, 2.05) is 0 Å². The van der Waals surface area contributed by atoms with E-state index in [2.05, 4.69) is 265 Å². The smallest absolute Gasteiger partial charge is 0.221 e. The first kappa shape index (κ1) is 44.2. The Labute approximate surface area is 409 Å². The van der Waals surface area contributed by atoms with Crippen molar-refractivity contribution < 1.29 is 4.58 Å². The maximum absolute atomic E-state index is 2.70. The summed E-state index contributed by atoms with van der Waals surface area (Å²) in [5, 5.41) is 10.3. The molecule has 69 heavy (non-hydrogen) atoms. The standard InChI is InChI=1S/C67H63N2/c1-42(2)58-37-52(62-54-31-19-15-27-48(54)35-49-28-16-20-32-55(49)62)38-59(43(3)4)66(58)68-41-69(65(47-25-13-10-14-26-47)64(68)46-23-11-9-12-24-46)67-60(44(5)6)39-53(40-61(67)45(7)8)63-56-33-21-17-29-50(56)36-51-30-18-22-34-57(51)63/h9-45,64-65H,1-8H3/q+1/t64-,65-/m1/s1. The van der Waals surface area contributed by atoms with Gasteiger partial charge < -0.3 is 0 Å². The first-order valence-electron chi connectivity index (χ1n) is 25.3. The third-order valence-electron chi connectivity index (χ3n) is 14.9. The van der Waals surface area contributed by atoms with Gasteiger partial charge in [-0.25, -0.2) is 9.48 Å². The van der Waals surface area contributed by atoms with E-state index in [0.717, 1.165) is 0 Å². The van der Waals surface area contributed by atoms with Gasteiger partial charge in [-0.3, -0.25) is 0 Å². The lowest BCUT2D eigenvalue weighted by Gasteiger charge is -2.30. The molecule has 0 bridgehead atoms. The molecule has 0 aliphatic carbocycles. The zero-order valence-corrected chi connectivity index (χ0v) is 41.4. The highest BCUT2D eigenvalue weighted by Gasteiger charge is 2.49. The second kappa shape index (κ2) is 18.0. The van der Waals surface area contributed by atoms with Crippen LogP contribution in [0.25, 0.3) is 65.3 Å². The molecule has 0 fully saturated rings. The van der Waals surface area contributed by atoms with Gasteiger partial charge in [-0.05, 0) is 125 Å². The summed E-state index contributed by atoms with van der Waals surface area (Å²) in [6.45, 7) is 19.1. The van der Waals surface area contributed by atoms with Gasteiger partial charge in [-0.1, -0.05) is 213 Å². The number of benzene rings is 10. The van der Waals surface area contributed by atoms with Gasteiger partial charge >= 0.3 is 0 Å². The predicted octanol–water partition coefficient (Wildman–Crippen LogP) is 18.8. The van der Waals surface area contributed by atoms with Crippen molar-refractivity contribution in [3.8, 4) is 22.3 Å². The third kappa shape index (κ3) is 7.71. The van der Waals surface area contributed by atoms with Crippen LogP contribution in [0.5, 0.6) is 0 Å². The fourth-order valence-corrected chi connectivity index (χ4v) is 11.6. The molecule has 340 valence electrons. The molecule has 10 aromatic carbocycles. The second-order valence-electron chi connectivity index (χ2n) is 20.7. The molecule has 2 heteroatoms. The van der Waals surface area contributed by atoms with E-state index in [0.29, 0.717) is 0 Å². The van der Waals surface area contributed by atoms with Crippen molar-refractivity contribution in [3.63, 3.8) is 0 Å². The summed E-state index contributed by atoms with van der Waals surface area (Å²) < 4.78 is 2.70. The van der Waals surface area contributed by atoms with Gasteiger partial charge in [0, 0.05) is 33.4 Å². The minimum atomic E-state index is -0.0328. The summed E-state index contributed by atoms with van der Waals surface area (Å²) in [7, 11) is 0. The molecule has 0 saturated heterocycles. The van der Waals surface area contributed by atoms with Crippen LogP contribution in [-0.4, -0.2) is 10.9 Å². The summed E-state index contributed by atoms with van der Waals surface area (Å²) >= 11 is 0. The van der Waals surface area contributed by atoms with Crippen LogP contribution >= 0.6 is 0 Å². The van der Waals surface area contributed by atoms with E-state index in [-0.39, 0.29) is 35.8 Å². The normalized spacial score (nSPS) is 15.2. The second-order valence-corrected chi connectivity index (χ2v) is 20.7. The average Bonchev–Trinajstić information content (AvgIpc) is 3.76. The van der Waals surface area contributed by atoms with Gasteiger partial charge in [0.25, 0.3) is 0 Å². The van der Waals surface area contributed by atoms with Gasteiger partial charge in [0.15, 0.2) is 12.1 Å². The number of fused-ring (bicyclic) bond motifs is 4. The molecular formula is C67H63N2+.